The smallest absolute Gasteiger partial charge is 0.312 e. The molecule has 2 atom stereocenters. The number of pyridine rings is 1. The van der Waals surface area contributed by atoms with Crippen LogP contribution in [0.25, 0.3) is 0 Å². The number of anilines is 1. The van der Waals surface area contributed by atoms with Gasteiger partial charge in [-0.25, -0.2) is 4.98 Å². The summed E-state index contributed by atoms with van der Waals surface area (Å²) in [5.74, 6) is 0.674. The van der Waals surface area contributed by atoms with Gasteiger partial charge in [0.1, 0.15) is 0 Å². The summed E-state index contributed by atoms with van der Waals surface area (Å²) in [5, 5.41) is 24.4. The Morgan fingerprint density at radius 1 is 1.70 bits per heavy atom. The average molecular weight is 344 g/mol. The van der Waals surface area contributed by atoms with Crippen LogP contribution in [0, 0.1) is 16.0 Å². The van der Waals surface area contributed by atoms with Crippen LogP contribution in [-0.2, 0) is 0 Å². The van der Waals surface area contributed by atoms with Gasteiger partial charge in [-0.05, 0) is 34.7 Å². The highest BCUT2D eigenvalue weighted by atomic mass is 79.9. The Morgan fingerprint density at radius 3 is 3.10 bits per heavy atom. The summed E-state index contributed by atoms with van der Waals surface area (Å²) in [4.78, 5) is 14.5. The van der Waals surface area contributed by atoms with Crippen molar-refractivity contribution in [1.82, 2.24) is 4.98 Å². The van der Waals surface area contributed by atoms with E-state index in [1.165, 1.54) is 12.3 Å². The fourth-order valence-corrected chi connectivity index (χ4v) is 3.06. The summed E-state index contributed by atoms with van der Waals surface area (Å²) in [7, 11) is 0. The molecule has 0 saturated heterocycles. The monoisotopic (exact) mass is 343 g/mol. The van der Waals surface area contributed by atoms with Crippen molar-refractivity contribution < 1.29 is 10.0 Å². The lowest BCUT2D eigenvalue weighted by Crippen LogP contribution is -2.41. The number of hydrogen-bond acceptors (Lipinski definition) is 5. The first-order chi connectivity index (χ1) is 9.39. The number of aliphatic hydroxyl groups is 1. The van der Waals surface area contributed by atoms with Crippen LogP contribution in [0.2, 0.25) is 0 Å². The van der Waals surface area contributed by atoms with Gasteiger partial charge < -0.3 is 10.4 Å². The van der Waals surface area contributed by atoms with Crippen LogP contribution >= 0.6 is 15.9 Å². The third-order valence-corrected chi connectivity index (χ3v) is 4.12. The molecule has 6 nitrogen and oxygen atoms in total. The summed E-state index contributed by atoms with van der Waals surface area (Å²) < 4.78 is 0.555. The molecule has 0 aliphatic heterocycles. The van der Waals surface area contributed by atoms with E-state index >= 15 is 0 Å². The van der Waals surface area contributed by atoms with Crippen LogP contribution in [-0.4, -0.2) is 27.2 Å². The Bertz CT molecular complexity index is 512. The highest BCUT2D eigenvalue weighted by Crippen LogP contribution is 2.33. The van der Waals surface area contributed by atoms with Crippen molar-refractivity contribution in [2.24, 2.45) is 5.92 Å². The molecule has 1 aliphatic rings. The van der Waals surface area contributed by atoms with Crippen LogP contribution < -0.4 is 5.32 Å². The summed E-state index contributed by atoms with van der Waals surface area (Å²) >= 11 is 3.17. The van der Waals surface area contributed by atoms with Gasteiger partial charge in [-0.1, -0.05) is 19.8 Å². The first-order valence-corrected chi connectivity index (χ1v) is 7.45. The molecule has 0 bridgehead atoms. The van der Waals surface area contributed by atoms with Gasteiger partial charge in [0.15, 0.2) is 0 Å². The molecule has 0 radical (unpaired) electrons. The number of aromatic nitrogens is 1. The lowest BCUT2D eigenvalue weighted by molar-refractivity contribution is -0.384. The normalized spacial score (nSPS) is 26.2. The predicted molar refractivity (Wildman–Crippen MR) is 79.7 cm³/mol. The molecule has 0 amide bonds. The van der Waals surface area contributed by atoms with E-state index in [0.717, 1.165) is 12.8 Å². The van der Waals surface area contributed by atoms with E-state index < -0.39 is 10.5 Å². The minimum Gasteiger partial charge on any atom is -0.388 e. The molecule has 2 rings (SSSR count). The van der Waals surface area contributed by atoms with Crippen LogP contribution in [0.1, 0.15) is 32.6 Å². The molecule has 0 aromatic carbocycles. The average Bonchev–Trinajstić information content (AvgIpc) is 2.37. The molecule has 20 heavy (non-hydrogen) atoms. The molecule has 1 heterocycles. The van der Waals surface area contributed by atoms with Gasteiger partial charge in [0, 0.05) is 23.3 Å². The maximum Gasteiger partial charge on any atom is 0.312 e. The van der Waals surface area contributed by atoms with Crippen molar-refractivity contribution in [3.05, 3.63) is 26.9 Å². The van der Waals surface area contributed by atoms with Crippen molar-refractivity contribution in [2.45, 2.75) is 38.2 Å². The standard InChI is InChI=1S/C13H18BrN3O3/c1-9-3-2-4-13(18,6-9)8-16-12-11(17(19)20)5-10(14)7-15-12/h5,7,9,18H,2-4,6,8H2,1H3,(H,15,16). The molecular weight excluding hydrogens is 326 g/mol. The van der Waals surface area contributed by atoms with Gasteiger partial charge in [0.05, 0.1) is 10.5 Å². The van der Waals surface area contributed by atoms with Crippen molar-refractivity contribution in [3.63, 3.8) is 0 Å². The molecule has 2 N–H and O–H groups in total. The second-order valence-corrected chi connectivity index (χ2v) is 6.47. The van der Waals surface area contributed by atoms with E-state index in [0.29, 0.717) is 23.2 Å². The van der Waals surface area contributed by atoms with E-state index in [-0.39, 0.29) is 18.1 Å². The molecule has 1 aliphatic carbocycles. The Kier molecular flexibility index (Phi) is 4.59. The number of rotatable bonds is 4. The highest BCUT2D eigenvalue weighted by Gasteiger charge is 2.33. The lowest BCUT2D eigenvalue weighted by atomic mass is 9.79. The topological polar surface area (TPSA) is 88.3 Å². The minimum atomic E-state index is -0.805. The second kappa shape index (κ2) is 6.05. The summed E-state index contributed by atoms with van der Waals surface area (Å²) in [5.41, 5.74) is -0.896. The van der Waals surface area contributed by atoms with Crippen LogP contribution in [0.4, 0.5) is 11.5 Å². The zero-order valence-corrected chi connectivity index (χ0v) is 12.9. The first kappa shape index (κ1) is 15.2. The maximum atomic E-state index is 11.0. The Labute approximate surface area is 125 Å². The van der Waals surface area contributed by atoms with Gasteiger partial charge >= 0.3 is 5.69 Å². The van der Waals surface area contributed by atoms with Gasteiger partial charge in [0.25, 0.3) is 0 Å². The SMILES string of the molecule is CC1CCCC(O)(CNc2ncc(Br)cc2[N+](=O)[O-])C1. The Hall–Kier alpha value is -1.21. The first-order valence-electron chi connectivity index (χ1n) is 6.66. The van der Waals surface area contributed by atoms with Crippen LogP contribution in [0.15, 0.2) is 16.7 Å². The number of hydrogen-bond donors (Lipinski definition) is 2. The van der Waals surface area contributed by atoms with Gasteiger partial charge in [-0.3, -0.25) is 10.1 Å². The number of nitrogens with zero attached hydrogens (tertiary/aromatic N) is 2. The van der Waals surface area contributed by atoms with E-state index in [9.17, 15) is 15.2 Å². The predicted octanol–water partition coefficient (Wildman–Crippen LogP) is 3.11. The van der Waals surface area contributed by atoms with E-state index in [1.807, 2.05) is 0 Å². The third kappa shape index (κ3) is 3.67. The quantitative estimate of drug-likeness (QED) is 0.647. The molecule has 1 saturated carbocycles. The van der Waals surface area contributed by atoms with Crippen LogP contribution in [0.3, 0.4) is 0 Å². The van der Waals surface area contributed by atoms with E-state index in [2.05, 4.69) is 33.2 Å². The molecule has 1 fully saturated rings. The molecule has 7 heteroatoms. The molecule has 0 spiro atoms. The maximum absolute atomic E-state index is 11.0. The second-order valence-electron chi connectivity index (χ2n) is 5.56. The molecule has 2 unspecified atom stereocenters. The fourth-order valence-electron chi connectivity index (χ4n) is 2.75. The van der Waals surface area contributed by atoms with Crippen molar-refractivity contribution in [2.75, 3.05) is 11.9 Å². The lowest BCUT2D eigenvalue weighted by Gasteiger charge is -2.35. The number of halogens is 1. The van der Waals surface area contributed by atoms with E-state index in [4.69, 9.17) is 0 Å². The largest absolute Gasteiger partial charge is 0.388 e. The molecule has 110 valence electrons. The molecule has 1 aromatic heterocycles. The Balaban J connectivity index is 2.09. The highest BCUT2D eigenvalue weighted by molar-refractivity contribution is 9.10. The number of nitrogens with one attached hydrogen (secondary N) is 1. The zero-order valence-electron chi connectivity index (χ0n) is 11.3. The number of nitro groups is 1. The van der Waals surface area contributed by atoms with Crippen LogP contribution in [0.5, 0.6) is 0 Å². The van der Waals surface area contributed by atoms with E-state index in [1.54, 1.807) is 0 Å². The third-order valence-electron chi connectivity index (χ3n) is 3.68. The molecular formula is C13H18BrN3O3. The summed E-state index contributed by atoms with van der Waals surface area (Å²) in [6.07, 6.45) is 5.04. The summed E-state index contributed by atoms with van der Waals surface area (Å²) in [6.45, 7) is 2.40. The zero-order chi connectivity index (χ0) is 14.8. The van der Waals surface area contributed by atoms with Gasteiger partial charge in [0.2, 0.25) is 5.82 Å². The van der Waals surface area contributed by atoms with Gasteiger partial charge in [-0.15, -0.1) is 0 Å². The van der Waals surface area contributed by atoms with Crippen molar-refractivity contribution >= 4 is 27.4 Å². The summed E-state index contributed by atoms with van der Waals surface area (Å²) in [6, 6.07) is 1.41. The van der Waals surface area contributed by atoms with Crippen molar-refractivity contribution in [1.29, 1.82) is 0 Å². The minimum absolute atomic E-state index is 0.0909. The molecule has 1 aromatic rings. The van der Waals surface area contributed by atoms with Gasteiger partial charge in [-0.2, -0.15) is 0 Å². The Morgan fingerprint density at radius 2 is 2.45 bits per heavy atom. The fraction of sp³-hybridized carbons (Fsp3) is 0.615. The van der Waals surface area contributed by atoms with Crippen molar-refractivity contribution in [3.8, 4) is 0 Å².